The zero-order valence-electron chi connectivity index (χ0n) is 11.1. The highest BCUT2D eigenvalue weighted by molar-refractivity contribution is 7.13. The van der Waals surface area contributed by atoms with Gasteiger partial charge in [0.2, 0.25) is 11.0 Å². The van der Waals surface area contributed by atoms with Crippen LogP contribution in [-0.2, 0) is 16.0 Å². The van der Waals surface area contributed by atoms with E-state index in [1.807, 2.05) is 18.2 Å². The highest BCUT2D eigenvalue weighted by Gasteiger charge is 2.04. The molecule has 0 aliphatic rings. The summed E-state index contributed by atoms with van der Waals surface area (Å²) in [7, 11) is 0. The molecule has 0 radical (unpaired) electrons. The summed E-state index contributed by atoms with van der Waals surface area (Å²) in [5.74, 6) is -0.0478. The van der Waals surface area contributed by atoms with Crippen molar-refractivity contribution in [2.75, 3.05) is 18.5 Å². The SMILES string of the molecule is O=C(CCCOCCc1ccccc1)Nc1nncs1. The molecule has 1 N–H and O–H groups in total. The van der Waals surface area contributed by atoms with E-state index in [2.05, 4.69) is 27.6 Å². The molecule has 1 aromatic heterocycles. The van der Waals surface area contributed by atoms with Crippen LogP contribution >= 0.6 is 11.3 Å². The average molecular weight is 291 g/mol. The Balaban J connectivity index is 1.50. The van der Waals surface area contributed by atoms with Crippen LogP contribution in [0.3, 0.4) is 0 Å². The highest BCUT2D eigenvalue weighted by Crippen LogP contribution is 2.08. The third-order valence-electron chi connectivity index (χ3n) is 2.68. The molecule has 1 amide bonds. The molecule has 6 heteroatoms. The van der Waals surface area contributed by atoms with Crippen LogP contribution in [0, 0.1) is 0 Å². The summed E-state index contributed by atoms with van der Waals surface area (Å²) in [6, 6.07) is 10.2. The molecule has 0 aliphatic carbocycles. The van der Waals surface area contributed by atoms with Crippen molar-refractivity contribution in [1.29, 1.82) is 0 Å². The van der Waals surface area contributed by atoms with E-state index >= 15 is 0 Å². The van der Waals surface area contributed by atoms with Gasteiger partial charge in [-0.3, -0.25) is 4.79 Å². The van der Waals surface area contributed by atoms with Crippen LogP contribution in [0.2, 0.25) is 0 Å². The first-order valence-electron chi connectivity index (χ1n) is 6.52. The first-order chi connectivity index (χ1) is 9.84. The van der Waals surface area contributed by atoms with E-state index in [9.17, 15) is 4.79 Å². The van der Waals surface area contributed by atoms with Crippen LogP contribution in [0.15, 0.2) is 35.8 Å². The van der Waals surface area contributed by atoms with Crippen molar-refractivity contribution in [2.24, 2.45) is 0 Å². The molecule has 1 aromatic carbocycles. The molecule has 1 heterocycles. The number of hydrogen-bond donors (Lipinski definition) is 1. The summed E-state index contributed by atoms with van der Waals surface area (Å²) >= 11 is 1.31. The molecule has 0 fully saturated rings. The number of aromatic nitrogens is 2. The van der Waals surface area contributed by atoms with Gasteiger partial charge in [0, 0.05) is 13.0 Å². The number of hydrogen-bond acceptors (Lipinski definition) is 5. The van der Waals surface area contributed by atoms with Crippen LogP contribution in [0.1, 0.15) is 18.4 Å². The maximum atomic E-state index is 11.5. The first kappa shape index (κ1) is 14.6. The van der Waals surface area contributed by atoms with Gasteiger partial charge in [0.05, 0.1) is 6.61 Å². The second kappa shape index (κ2) is 8.39. The second-order valence-electron chi connectivity index (χ2n) is 4.24. The summed E-state index contributed by atoms with van der Waals surface area (Å²) < 4.78 is 5.52. The van der Waals surface area contributed by atoms with E-state index < -0.39 is 0 Å². The van der Waals surface area contributed by atoms with Crippen LogP contribution in [0.4, 0.5) is 5.13 Å². The van der Waals surface area contributed by atoms with Crippen molar-refractivity contribution in [1.82, 2.24) is 10.2 Å². The number of amides is 1. The largest absolute Gasteiger partial charge is 0.381 e. The molecular formula is C14H17N3O2S. The van der Waals surface area contributed by atoms with Crippen molar-refractivity contribution in [3.8, 4) is 0 Å². The standard InChI is InChI=1S/C14H17N3O2S/c18-13(16-14-17-15-11-20-14)7-4-9-19-10-8-12-5-2-1-3-6-12/h1-3,5-6,11H,4,7-10H2,(H,16,17,18). The average Bonchev–Trinajstić information content (AvgIpc) is 2.96. The summed E-state index contributed by atoms with van der Waals surface area (Å²) in [4.78, 5) is 11.5. The Morgan fingerprint density at radius 1 is 1.25 bits per heavy atom. The minimum atomic E-state index is -0.0478. The van der Waals surface area contributed by atoms with Gasteiger partial charge >= 0.3 is 0 Å². The van der Waals surface area contributed by atoms with Crippen molar-refractivity contribution >= 4 is 22.4 Å². The Kier molecular flexibility index (Phi) is 6.13. The van der Waals surface area contributed by atoms with Gasteiger partial charge in [0.25, 0.3) is 0 Å². The van der Waals surface area contributed by atoms with Gasteiger partial charge in [-0.2, -0.15) is 0 Å². The van der Waals surface area contributed by atoms with E-state index in [1.165, 1.54) is 16.9 Å². The fraction of sp³-hybridized carbons (Fsp3) is 0.357. The van der Waals surface area contributed by atoms with Gasteiger partial charge < -0.3 is 10.1 Å². The molecular weight excluding hydrogens is 274 g/mol. The van der Waals surface area contributed by atoms with Gasteiger partial charge in [-0.15, -0.1) is 10.2 Å². The maximum Gasteiger partial charge on any atom is 0.226 e. The number of carbonyl (C=O) groups excluding carboxylic acids is 1. The molecule has 0 saturated carbocycles. The van der Waals surface area contributed by atoms with E-state index in [0.717, 1.165) is 6.42 Å². The highest BCUT2D eigenvalue weighted by atomic mass is 32.1. The molecule has 2 rings (SSSR count). The Hall–Kier alpha value is -1.79. The van der Waals surface area contributed by atoms with E-state index in [1.54, 1.807) is 5.51 Å². The molecule has 0 atom stereocenters. The molecule has 0 unspecified atom stereocenters. The predicted molar refractivity (Wildman–Crippen MR) is 78.7 cm³/mol. The third kappa shape index (κ3) is 5.46. The Morgan fingerprint density at radius 3 is 2.85 bits per heavy atom. The van der Waals surface area contributed by atoms with Crippen LogP contribution < -0.4 is 5.32 Å². The third-order valence-corrected chi connectivity index (χ3v) is 3.28. The minimum Gasteiger partial charge on any atom is -0.381 e. The molecule has 20 heavy (non-hydrogen) atoms. The maximum absolute atomic E-state index is 11.5. The lowest BCUT2D eigenvalue weighted by molar-refractivity contribution is -0.116. The normalized spacial score (nSPS) is 10.4. The Bertz CT molecular complexity index is 502. The minimum absolute atomic E-state index is 0.0478. The fourth-order valence-corrected chi connectivity index (χ4v) is 2.14. The summed E-state index contributed by atoms with van der Waals surface area (Å²) in [6.45, 7) is 1.28. The summed E-state index contributed by atoms with van der Waals surface area (Å²) in [5.41, 5.74) is 2.85. The predicted octanol–water partition coefficient (Wildman–Crippen LogP) is 2.52. The van der Waals surface area contributed by atoms with Crippen molar-refractivity contribution in [3.05, 3.63) is 41.4 Å². The second-order valence-corrected chi connectivity index (χ2v) is 5.08. The van der Waals surface area contributed by atoms with Crippen LogP contribution in [0.5, 0.6) is 0 Å². The van der Waals surface area contributed by atoms with Gasteiger partial charge in [-0.05, 0) is 18.4 Å². The van der Waals surface area contributed by atoms with E-state index in [4.69, 9.17) is 4.74 Å². The van der Waals surface area contributed by atoms with E-state index in [0.29, 0.717) is 31.2 Å². The van der Waals surface area contributed by atoms with Crippen LogP contribution in [0.25, 0.3) is 0 Å². The molecule has 2 aromatic rings. The quantitative estimate of drug-likeness (QED) is 0.759. The molecule has 5 nitrogen and oxygen atoms in total. The number of ether oxygens (including phenoxy) is 1. The Labute approximate surface area is 122 Å². The molecule has 0 saturated heterocycles. The fourth-order valence-electron chi connectivity index (χ4n) is 1.68. The number of rotatable bonds is 8. The Morgan fingerprint density at radius 2 is 2.10 bits per heavy atom. The number of nitrogens with one attached hydrogen (secondary N) is 1. The van der Waals surface area contributed by atoms with Gasteiger partial charge in [0.1, 0.15) is 5.51 Å². The lowest BCUT2D eigenvalue weighted by Gasteiger charge is -2.04. The van der Waals surface area contributed by atoms with Crippen molar-refractivity contribution < 1.29 is 9.53 Å². The zero-order chi connectivity index (χ0) is 14.0. The van der Waals surface area contributed by atoms with Crippen molar-refractivity contribution in [2.45, 2.75) is 19.3 Å². The number of carbonyl (C=O) groups is 1. The number of nitrogens with zero attached hydrogens (tertiary/aromatic N) is 2. The van der Waals surface area contributed by atoms with Gasteiger partial charge in [-0.1, -0.05) is 41.7 Å². The van der Waals surface area contributed by atoms with E-state index in [-0.39, 0.29) is 5.91 Å². The topological polar surface area (TPSA) is 64.1 Å². The zero-order valence-corrected chi connectivity index (χ0v) is 11.9. The van der Waals surface area contributed by atoms with Gasteiger partial charge in [-0.25, -0.2) is 0 Å². The monoisotopic (exact) mass is 291 g/mol. The van der Waals surface area contributed by atoms with Crippen LogP contribution in [-0.4, -0.2) is 29.3 Å². The molecule has 0 aliphatic heterocycles. The number of anilines is 1. The number of benzene rings is 1. The first-order valence-corrected chi connectivity index (χ1v) is 7.40. The lowest BCUT2D eigenvalue weighted by atomic mass is 10.2. The smallest absolute Gasteiger partial charge is 0.226 e. The summed E-state index contributed by atoms with van der Waals surface area (Å²) in [5, 5.41) is 10.6. The molecule has 0 bridgehead atoms. The van der Waals surface area contributed by atoms with Gasteiger partial charge in [0.15, 0.2) is 0 Å². The molecule has 106 valence electrons. The molecule has 0 spiro atoms. The van der Waals surface area contributed by atoms with Crippen molar-refractivity contribution in [3.63, 3.8) is 0 Å². The lowest BCUT2D eigenvalue weighted by Crippen LogP contribution is -2.12. The summed E-state index contributed by atoms with van der Waals surface area (Å²) in [6.07, 6.45) is 2.04.